The average Bonchev–Trinajstić information content (AvgIpc) is 2.82. The molecule has 0 amide bonds. The predicted octanol–water partition coefficient (Wildman–Crippen LogP) is 1.30. The maximum atomic E-state index is 11.4. The smallest absolute Gasteiger partial charge is 0.296 e. The van der Waals surface area contributed by atoms with Crippen molar-refractivity contribution >= 4 is 19.7 Å². The first-order valence-electron chi connectivity index (χ1n) is 5.35. The molecule has 0 bridgehead atoms. The second-order valence-corrected chi connectivity index (χ2v) is 6.02. The van der Waals surface area contributed by atoms with Crippen LogP contribution >= 0.6 is 10.7 Å². The van der Waals surface area contributed by atoms with E-state index in [1.54, 1.807) is 19.2 Å². The zero-order valence-corrected chi connectivity index (χ0v) is 11.8. The maximum Gasteiger partial charge on any atom is 0.296 e. The van der Waals surface area contributed by atoms with Crippen LogP contribution in [0.5, 0.6) is 5.75 Å². The summed E-state index contributed by atoms with van der Waals surface area (Å²) in [6.07, 6.45) is 3.07. The Morgan fingerprint density at radius 1 is 1.42 bits per heavy atom. The minimum Gasteiger partial charge on any atom is -0.494 e. The third-order valence-corrected chi connectivity index (χ3v) is 3.65. The van der Waals surface area contributed by atoms with Crippen LogP contribution < -0.4 is 4.74 Å². The van der Waals surface area contributed by atoms with Crippen LogP contribution in [0.2, 0.25) is 0 Å². The van der Waals surface area contributed by atoms with E-state index in [9.17, 15) is 8.42 Å². The lowest BCUT2D eigenvalue weighted by molar-refractivity contribution is 0.414. The Morgan fingerprint density at radius 3 is 2.74 bits per heavy atom. The molecule has 0 saturated heterocycles. The summed E-state index contributed by atoms with van der Waals surface area (Å²) in [5.41, 5.74) is 0.596. The topological polar surface area (TPSA) is 87.0 Å². The van der Waals surface area contributed by atoms with Crippen molar-refractivity contribution in [3.8, 4) is 17.1 Å². The number of pyridine rings is 1. The van der Waals surface area contributed by atoms with Gasteiger partial charge in [-0.3, -0.25) is 9.55 Å². The summed E-state index contributed by atoms with van der Waals surface area (Å²) < 4.78 is 29.4. The van der Waals surface area contributed by atoms with Crippen molar-refractivity contribution in [3.63, 3.8) is 0 Å². The molecule has 9 heteroatoms. The number of hydrogen-bond acceptors (Lipinski definition) is 6. The van der Waals surface area contributed by atoms with Gasteiger partial charge in [-0.25, -0.2) is 8.42 Å². The Hall–Kier alpha value is -1.67. The van der Waals surface area contributed by atoms with E-state index in [1.165, 1.54) is 17.9 Å². The average molecular weight is 303 g/mol. The summed E-state index contributed by atoms with van der Waals surface area (Å²) in [7, 11) is 2.87. The molecule has 2 rings (SSSR count). The number of halogens is 1. The summed E-state index contributed by atoms with van der Waals surface area (Å²) in [6, 6.07) is 1.67. The largest absolute Gasteiger partial charge is 0.494 e. The molecule has 0 unspecified atom stereocenters. The molecular weight excluding hydrogens is 292 g/mol. The fourth-order valence-corrected chi connectivity index (χ4v) is 2.64. The molecule has 0 N–H and O–H groups in total. The highest BCUT2D eigenvalue weighted by Gasteiger charge is 2.23. The second-order valence-electron chi connectivity index (χ2n) is 3.56. The first-order valence-corrected chi connectivity index (χ1v) is 7.66. The number of rotatable bonds is 4. The minimum atomic E-state index is -3.95. The third-order valence-electron chi connectivity index (χ3n) is 2.50. The maximum absolute atomic E-state index is 11.4. The SMILES string of the molecule is CCn1c(-c2ccncc2OC)nnc1S(=O)(=O)Cl. The summed E-state index contributed by atoms with van der Waals surface area (Å²) in [5, 5.41) is 7.21. The Balaban J connectivity index is 2.67. The van der Waals surface area contributed by atoms with Gasteiger partial charge in [-0.2, -0.15) is 0 Å². The fraction of sp³-hybridized carbons (Fsp3) is 0.300. The van der Waals surface area contributed by atoms with Crippen LogP contribution in [0.15, 0.2) is 23.6 Å². The lowest BCUT2D eigenvalue weighted by atomic mass is 10.2. The molecule has 0 fully saturated rings. The molecule has 0 aromatic carbocycles. The third kappa shape index (κ3) is 2.54. The number of methoxy groups -OCH3 is 1. The fourth-order valence-electron chi connectivity index (χ4n) is 1.68. The molecule has 2 aromatic rings. The van der Waals surface area contributed by atoms with Crippen molar-refractivity contribution in [3.05, 3.63) is 18.5 Å². The first kappa shape index (κ1) is 13.8. The van der Waals surface area contributed by atoms with Crippen LogP contribution in [0.25, 0.3) is 11.4 Å². The van der Waals surface area contributed by atoms with Crippen LogP contribution in [0.4, 0.5) is 0 Å². The Labute approximate surface area is 114 Å². The molecular formula is C10H11ClN4O3S. The molecule has 0 spiro atoms. The normalized spacial score (nSPS) is 11.5. The minimum absolute atomic E-state index is 0.287. The van der Waals surface area contributed by atoms with E-state index in [0.717, 1.165) is 0 Å². The molecule has 0 radical (unpaired) electrons. The second kappa shape index (κ2) is 5.14. The van der Waals surface area contributed by atoms with Gasteiger partial charge in [0.15, 0.2) is 5.82 Å². The Bertz CT molecular complexity index is 699. The van der Waals surface area contributed by atoms with Gasteiger partial charge in [0.2, 0.25) is 0 Å². The van der Waals surface area contributed by atoms with E-state index in [-0.39, 0.29) is 5.16 Å². The summed E-state index contributed by atoms with van der Waals surface area (Å²) in [6.45, 7) is 2.13. The zero-order chi connectivity index (χ0) is 14.0. The van der Waals surface area contributed by atoms with Gasteiger partial charge in [-0.05, 0) is 13.0 Å². The van der Waals surface area contributed by atoms with Gasteiger partial charge < -0.3 is 4.74 Å². The van der Waals surface area contributed by atoms with Gasteiger partial charge in [0, 0.05) is 23.4 Å². The van der Waals surface area contributed by atoms with Gasteiger partial charge in [0.1, 0.15) is 5.75 Å². The molecule has 7 nitrogen and oxygen atoms in total. The highest BCUT2D eigenvalue weighted by Crippen LogP contribution is 2.29. The first-order chi connectivity index (χ1) is 8.99. The summed E-state index contributed by atoms with van der Waals surface area (Å²) in [4.78, 5) is 3.93. The Morgan fingerprint density at radius 2 is 2.16 bits per heavy atom. The van der Waals surface area contributed by atoms with Gasteiger partial charge in [-0.15, -0.1) is 10.2 Å². The van der Waals surface area contributed by atoms with Crippen molar-refractivity contribution < 1.29 is 13.2 Å². The molecule has 0 atom stereocenters. The number of ether oxygens (including phenoxy) is 1. The van der Waals surface area contributed by atoms with Gasteiger partial charge in [0.25, 0.3) is 14.2 Å². The van der Waals surface area contributed by atoms with E-state index in [2.05, 4.69) is 15.2 Å². The summed E-state index contributed by atoms with van der Waals surface area (Å²) in [5.74, 6) is 0.837. The van der Waals surface area contributed by atoms with E-state index >= 15 is 0 Å². The predicted molar refractivity (Wildman–Crippen MR) is 68.5 cm³/mol. The number of aromatic nitrogens is 4. The van der Waals surface area contributed by atoms with Crippen LogP contribution in [0.3, 0.4) is 0 Å². The van der Waals surface area contributed by atoms with Crippen molar-refractivity contribution in [2.24, 2.45) is 0 Å². The number of nitrogens with zero attached hydrogens (tertiary/aromatic N) is 4. The van der Waals surface area contributed by atoms with Crippen molar-refractivity contribution in [1.29, 1.82) is 0 Å². The van der Waals surface area contributed by atoms with E-state index in [1.807, 2.05) is 0 Å². The monoisotopic (exact) mass is 302 g/mol. The highest BCUT2D eigenvalue weighted by atomic mass is 35.7. The highest BCUT2D eigenvalue weighted by molar-refractivity contribution is 8.13. The van der Waals surface area contributed by atoms with E-state index < -0.39 is 9.05 Å². The molecule has 102 valence electrons. The van der Waals surface area contributed by atoms with Crippen LogP contribution in [0.1, 0.15) is 6.92 Å². The molecule has 19 heavy (non-hydrogen) atoms. The van der Waals surface area contributed by atoms with E-state index in [0.29, 0.717) is 23.7 Å². The molecule has 2 heterocycles. The van der Waals surface area contributed by atoms with Gasteiger partial charge in [-0.1, -0.05) is 0 Å². The Kier molecular flexibility index (Phi) is 3.72. The van der Waals surface area contributed by atoms with Crippen LogP contribution in [0, 0.1) is 0 Å². The molecule has 0 aliphatic rings. The van der Waals surface area contributed by atoms with Crippen LogP contribution in [-0.2, 0) is 15.6 Å². The van der Waals surface area contributed by atoms with Crippen LogP contribution in [-0.4, -0.2) is 35.3 Å². The van der Waals surface area contributed by atoms with E-state index in [4.69, 9.17) is 15.4 Å². The van der Waals surface area contributed by atoms with Crippen molar-refractivity contribution in [1.82, 2.24) is 19.7 Å². The van der Waals surface area contributed by atoms with Crippen molar-refractivity contribution in [2.45, 2.75) is 18.6 Å². The molecule has 2 aromatic heterocycles. The lowest BCUT2D eigenvalue weighted by Gasteiger charge is -2.08. The zero-order valence-electron chi connectivity index (χ0n) is 10.2. The standard InChI is InChI=1S/C10H11ClN4O3S/c1-3-15-9(13-14-10(15)19(11,16)17)7-4-5-12-6-8(7)18-2/h4-6H,3H2,1-2H3. The molecule has 0 aliphatic heterocycles. The quantitative estimate of drug-likeness (QED) is 0.791. The van der Waals surface area contributed by atoms with Gasteiger partial charge >= 0.3 is 0 Å². The van der Waals surface area contributed by atoms with Gasteiger partial charge in [0.05, 0.1) is 18.9 Å². The summed E-state index contributed by atoms with van der Waals surface area (Å²) >= 11 is 0. The van der Waals surface area contributed by atoms with Crippen molar-refractivity contribution in [2.75, 3.05) is 7.11 Å². The molecule has 0 saturated carbocycles. The number of hydrogen-bond donors (Lipinski definition) is 0. The molecule has 0 aliphatic carbocycles. The lowest BCUT2D eigenvalue weighted by Crippen LogP contribution is -2.06.